The summed E-state index contributed by atoms with van der Waals surface area (Å²) in [5.74, 6) is 0.0425. The highest BCUT2D eigenvalue weighted by atomic mass is 32.2. The van der Waals surface area contributed by atoms with E-state index in [4.69, 9.17) is 4.98 Å². The maximum Gasteiger partial charge on any atom is 0.271 e. The number of hydrogen-bond acceptors (Lipinski definition) is 5. The molecule has 0 radical (unpaired) electrons. The molecule has 0 saturated heterocycles. The second-order valence-electron chi connectivity index (χ2n) is 7.11. The van der Waals surface area contributed by atoms with Crippen molar-refractivity contribution in [1.82, 2.24) is 9.55 Å². The van der Waals surface area contributed by atoms with Gasteiger partial charge in [0.05, 0.1) is 11.3 Å². The fraction of sp³-hybridized carbons (Fsp3) is 0.174. The molecule has 2 aromatic carbocycles. The second-order valence-corrected chi connectivity index (χ2v) is 8.93. The van der Waals surface area contributed by atoms with Crippen LogP contribution in [0.15, 0.2) is 63.9 Å². The van der Waals surface area contributed by atoms with Crippen LogP contribution >= 0.6 is 23.1 Å². The minimum absolute atomic E-state index is 0.0929. The van der Waals surface area contributed by atoms with Crippen LogP contribution in [0.1, 0.15) is 11.1 Å². The number of thiophene rings is 1. The van der Waals surface area contributed by atoms with Crippen LogP contribution < -0.4 is 10.9 Å². The number of benzene rings is 2. The topological polar surface area (TPSA) is 64.0 Å². The van der Waals surface area contributed by atoms with Gasteiger partial charge in [-0.05, 0) is 36.6 Å². The maximum atomic E-state index is 12.8. The third-order valence-corrected chi connectivity index (χ3v) is 6.83. The number of fused-ring (bicyclic) bond motifs is 1. The summed E-state index contributed by atoms with van der Waals surface area (Å²) in [6, 6.07) is 15.9. The van der Waals surface area contributed by atoms with Crippen LogP contribution in [-0.2, 0) is 11.8 Å². The first-order chi connectivity index (χ1) is 14.4. The van der Waals surface area contributed by atoms with Crippen LogP contribution in [0.4, 0.5) is 5.69 Å². The van der Waals surface area contributed by atoms with E-state index in [9.17, 15) is 9.59 Å². The van der Waals surface area contributed by atoms with Crippen LogP contribution in [0.25, 0.3) is 21.3 Å². The Balaban J connectivity index is 1.59. The lowest BCUT2D eigenvalue weighted by molar-refractivity contribution is -0.113. The van der Waals surface area contributed by atoms with Crippen molar-refractivity contribution in [2.45, 2.75) is 19.0 Å². The number of carbonyl (C=O) groups excluding carboxylic acids is 1. The number of aryl methyl sites for hydroxylation is 2. The first-order valence-corrected chi connectivity index (χ1v) is 11.3. The molecule has 0 saturated carbocycles. The van der Waals surface area contributed by atoms with Crippen molar-refractivity contribution in [3.8, 4) is 11.1 Å². The van der Waals surface area contributed by atoms with Crippen LogP contribution in [-0.4, -0.2) is 21.2 Å². The molecule has 1 N–H and O–H groups in total. The SMILES string of the molecule is Cc1ccc(C)c(NC(=O)CSc2nc3c(-c4ccccc4)csc3c(=O)n2C)c1. The summed E-state index contributed by atoms with van der Waals surface area (Å²) in [5, 5.41) is 5.45. The van der Waals surface area contributed by atoms with E-state index in [0.29, 0.717) is 15.4 Å². The highest BCUT2D eigenvalue weighted by Crippen LogP contribution is 2.32. The average Bonchev–Trinajstić information content (AvgIpc) is 3.17. The Kier molecular flexibility index (Phi) is 5.74. The second kappa shape index (κ2) is 8.45. The fourth-order valence-electron chi connectivity index (χ4n) is 3.16. The first kappa shape index (κ1) is 20.4. The zero-order valence-corrected chi connectivity index (χ0v) is 18.6. The smallest absolute Gasteiger partial charge is 0.271 e. The largest absolute Gasteiger partial charge is 0.325 e. The summed E-state index contributed by atoms with van der Waals surface area (Å²) in [7, 11) is 1.70. The third kappa shape index (κ3) is 4.04. The predicted octanol–water partition coefficient (Wildman–Crippen LogP) is 5.01. The number of anilines is 1. The lowest BCUT2D eigenvalue weighted by Crippen LogP contribution is -2.21. The molecule has 0 bridgehead atoms. The summed E-state index contributed by atoms with van der Waals surface area (Å²) >= 11 is 2.67. The molecule has 0 fully saturated rings. The number of nitrogens with one attached hydrogen (secondary N) is 1. The predicted molar refractivity (Wildman–Crippen MR) is 126 cm³/mol. The molecule has 4 rings (SSSR count). The van der Waals surface area contributed by atoms with Crippen molar-refractivity contribution in [3.63, 3.8) is 0 Å². The van der Waals surface area contributed by atoms with Gasteiger partial charge >= 0.3 is 0 Å². The van der Waals surface area contributed by atoms with E-state index in [1.54, 1.807) is 7.05 Å². The summed E-state index contributed by atoms with van der Waals surface area (Å²) in [5.41, 5.74) is 5.46. The Bertz CT molecular complexity index is 1290. The standard InChI is InChI=1S/C23H21N3O2S2/c1-14-9-10-15(2)18(11-14)24-19(27)13-30-23-25-20-17(16-7-5-4-6-8-16)12-29-21(20)22(28)26(23)3/h4-12H,13H2,1-3H3,(H,24,27). The molecule has 0 aliphatic carbocycles. The van der Waals surface area contributed by atoms with Crippen LogP contribution in [0.3, 0.4) is 0 Å². The molecule has 4 aromatic rings. The Morgan fingerprint density at radius 3 is 2.70 bits per heavy atom. The molecule has 152 valence electrons. The number of thioether (sulfide) groups is 1. The Morgan fingerprint density at radius 2 is 1.93 bits per heavy atom. The maximum absolute atomic E-state index is 12.8. The molecule has 0 aliphatic heterocycles. The number of amides is 1. The van der Waals surface area contributed by atoms with Gasteiger partial charge in [-0.3, -0.25) is 14.2 Å². The van der Waals surface area contributed by atoms with Gasteiger partial charge in [-0.25, -0.2) is 4.98 Å². The van der Waals surface area contributed by atoms with Gasteiger partial charge in [0.25, 0.3) is 5.56 Å². The number of rotatable bonds is 5. The number of nitrogens with zero attached hydrogens (tertiary/aromatic N) is 2. The molecule has 0 aliphatic rings. The van der Waals surface area contributed by atoms with E-state index in [0.717, 1.165) is 27.9 Å². The molecular weight excluding hydrogens is 414 g/mol. The van der Waals surface area contributed by atoms with Gasteiger partial charge in [0.2, 0.25) is 5.91 Å². The van der Waals surface area contributed by atoms with Gasteiger partial charge in [0.15, 0.2) is 5.16 Å². The molecule has 0 spiro atoms. The Hall–Kier alpha value is -2.90. The van der Waals surface area contributed by atoms with Crippen molar-refractivity contribution < 1.29 is 4.79 Å². The molecule has 1 amide bonds. The molecule has 5 nitrogen and oxygen atoms in total. The van der Waals surface area contributed by atoms with Gasteiger partial charge in [-0.1, -0.05) is 54.2 Å². The van der Waals surface area contributed by atoms with E-state index in [-0.39, 0.29) is 17.2 Å². The minimum atomic E-state index is -0.128. The quantitative estimate of drug-likeness (QED) is 0.354. The van der Waals surface area contributed by atoms with Gasteiger partial charge < -0.3 is 5.32 Å². The van der Waals surface area contributed by atoms with E-state index in [1.807, 2.05) is 67.8 Å². The molecule has 2 heterocycles. The fourth-order valence-corrected chi connectivity index (χ4v) is 4.92. The lowest BCUT2D eigenvalue weighted by atomic mass is 10.1. The molecular formula is C23H21N3O2S2. The minimum Gasteiger partial charge on any atom is -0.325 e. The van der Waals surface area contributed by atoms with Crippen molar-refractivity contribution in [1.29, 1.82) is 0 Å². The zero-order valence-electron chi connectivity index (χ0n) is 16.9. The van der Waals surface area contributed by atoms with Gasteiger partial charge in [0, 0.05) is 23.7 Å². The van der Waals surface area contributed by atoms with Crippen LogP contribution in [0.5, 0.6) is 0 Å². The van der Waals surface area contributed by atoms with E-state index >= 15 is 0 Å². The summed E-state index contributed by atoms with van der Waals surface area (Å²) in [6.45, 7) is 3.95. The average molecular weight is 436 g/mol. The van der Waals surface area contributed by atoms with Gasteiger partial charge in [-0.2, -0.15) is 0 Å². The van der Waals surface area contributed by atoms with Gasteiger partial charge in [-0.15, -0.1) is 11.3 Å². The zero-order chi connectivity index (χ0) is 21.3. The van der Waals surface area contributed by atoms with E-state index in [1.165, 1.54) is 27.7 Å². The molecule has 0 unspecified atom stereocenters. The Morgan fingerprint density at radius 1 is 1.17 bits per heavy atom. The molecule has 7 heteroatoms. The van der Waals surface area contributed by atoms with E-state index < -0.39 is 0 Å². The number of carbonyl (C=O) groups is 1. The number of aromatic nitrogens is 2. The summed E-state index contributed by atoms with van der Waals surface area (Å²) < 4.78 is 2.14. The van der Waals surface area contributed by atoms with Crippen LogP contribution in [0.2, 0.25) is 0 Å². The van der Waals surface area contributed by atoms with Crippen molar-refractivity contribution in [2.75, 3.05) is 11.1 Å². The van der Waals surface area contributed by atoms with Crippen molar-refractivity contribution in [3.05, 3.63) is 75.4 Å². The molecule has 2 aromatic heterocycles. The van der Waals surface area contributed by atoms with Crippen LogP contribution in [0, 0.1) is 13.8 Å². The monoisotopic (exact) mass is 435 g/mol. The molecule has 0 atom stereocenters. The highest BCUT2D eigenvalue weighted by Gasteiger charge is 2.16. The Labute approximate surface area is 182 Å². The van der Waals surface area contributed by atoms with E-state index in [2.05, 4.69) is 5.32 Å². The lowest BCUT2D eigenvalue weighted by Gasteiger charge is -2.10. The third-order valence-electron chi connectivity index (χ3n) is 4.84. The summed E-state index contributed by atoms with van der Waals surface area (Å²) in [4.78, 5) is 30.1. The number of hydrogen-bond donors (Lipinski definition) is 1. The highest BCUT2D eigenvalue weighted by molar-refractivity contribution is 7.99. The molecule has 30 heavy (non-hydrogen) atoms. The first-order valence-electron chi connectivity index (χ1n) is 9.47. The van der Waals surface area contributed by atoms with Crippen molar-refractivity contribution in [2.24, 2.45) is 7.05 Å². The summed E-state index contributed by atoms with van der Waals surface area (Å²) in [6.07, 6.45) is 0. The van der Waals surface area contributed by atoms with Gasteiger partial charge in [0.1, 0.15) is 4.70 Å². The normalized spacial score (nSPS) is 11.0. The van der Waals surface area contributed by atoms with Crippen molar-refractivity contribution >= 4 is 44.9 Å².